The minimum atomic E-state index is -0.0219. The number of amides is 2. The molecule has 6 heteroatoms. The molecule has 1 aliphatic rings. The lowest BCUT2D eigenvalue weighted by atomic mass is 10.1. The Morgan fingerprint density at radius 2 is 2.08 bits per heavy atom. The van der Waals surface area contributed by atoms with E-state index in [0.717, 1.165) is 11.1 Å². The van der Waals surface area contributed by atoms with Crippen molar-refractivity contribution in [2.45, 2.75) is 26.3 Å². The summed E-state index contributed by atoms with van der Waals surface area (Å²) in [6.45, 7) is 5.70. The Morgan fingerprint density at radius 3 is 2.72 bits per heavy atom. The van der Waals surface area contributed by atoms with Crippen molar-refractivity contribution in [2.75, 3.05) is 19.6 Å². The van der Waals surface area contributed by atoms with Crippen molar-refractivity contribution in [3.05, 3.63) is 53.3 Å². The minimum absolute atomic E-state index is 0.0112. The van der Waals surface area contributed by atoms with E-state index in [9.17, 15) is 9.59 Å². The predicted molar refractivity (Wildman–Crippen MR) is 95.2 cm³/mol. The van der Waals surface area contributed by atoms with Crippen LogP contribution in [0.1, 0.15) is 28.4 Å². The summed E-state index contributed by atoms with van der Waals surface area (Å²) in [6, 6.07) is 8.02. The second-order valence-electron chi connectivity index (χ2n) is 6.76. The Hall–Kier alpha value is -2.63. The first kappa shape index (κ1) is 17.2. The average molecular weight is 340 g/mol. The molecule has 0 spiro atoms. The Labute approximate surface area is 148 Å². The van der Waals surface area contributed by atoms with Crippen LogP contribution in [0.15, 0.2) is 36.7 Å². The van der Waals surface area contributed by atoms with Crippen LogP contribution in [0.2, 0.25) is 0 Å². The number of hydrogen-bond acceptors (Lipinski definition) is 3. The third-order valence-corrected chi connectivity index (χ3v) is 4.63. The number of rotatable bonds is 3. The van der Waals surface area contributed by atoms with E-state index in [1.165, 1.54) is 0 Å². The average Bonchev–Trinajstić information content (AvgIpc) is 3.00. The van der Waals surface area contributed by atoms with Gasteiger partial charge in [0.1, 0.15) is 0 Å². The molecule has 0 aliphatic carbocycles. The summed E-state index contributed by atoms with van der Waals surface area (Å²) < 4.78 is 1.62. The summed E-state index contributed by atoms with van der Waals surface area (Å²) in [5.74, 6) is 0.0947. The number of carbonyl (C=O) groups is 2. The van der Waals surface area contributed by atoms with E-state index >= 15 is 0 Å². The lowest BCUT2D eigenvalue weighted by molar-refractivity contribution is -0.132. The van der Waals surface area contributed by atoms with Gasteiger partial charge in [0.25, 0.3) is 5.91 Å². The third kappa shape index (κ3) is 3.90. The molecular formula is C19H24N4O2. The highest BCUT2D eigenvalue weighted by Gasteiger charge is 2.30. The summed E-state index contributed by atoms with van der Waals surface area (Å²) in [5.41, 5.74) is 2.78. The van der Waals surface area contributed by atoms with E-state index in [2.05, 4.69) is 5.10 Å². The Morgan fingerprint density at radius 1 is 1.28 bits per heavy atom. The Bertz CT molecular complexity index is 783. The molecule has 132 valence electrons. The molecule has 25 heavy (non-hydrogen) atoms. The molecule has 0 N–H and O–H groups in total. The van der Waals surface area contributed by atoms with Gasteiger partial charge in [0.05, 0.1) is 18.2 Å². The molecule has 0 saturated carbocycles. The molecule has 2 aromatic rings. The van der Waals surface area contributed by atoms with Gasteiger partial charge in [0, 0.05) is 38.9 Å². The number of carbonyl (C=O) groups excluding carboxylic acids is 2. The number of benzene rings is 1. The summed E-state index contributed by atoms with van der Waals surface area (Å²) in [7, 11) is 1.79. The van der Waals surface area contributed by atoms with Gasteiger partial charge in [-0.1, -0.05) is 29.8 Å². The van der Waals surface area contributed by atoms with Crippen LogP contribution in [0, 0.1) is 6.92 Å². The Kier molecular flexibility index (Phi) is 4.88. The van der Waals surface area contributed by atoms with Crippen molar-refractivity contribution in [3.63, 3.8) is 0 Å². The molecule has 2 amide bonds. The van der Waals surface area contributed by atoms with Crippen LogP contribution in [-0.4, -0.2) is 57.1 Å². The van der Waals surface area contributed by atoms with Crippen LogP contribution in [0.5, 0.6) is 0 Å². The fourth-order valence-electron chi connectivity index (χ4n) is 3.29. The van der Waals surface area contributed by atoms with E-state index in [1.807, 2.05) is 47.9 Å². The van der Waals surface area contributed by atoms with Gasteiger partial charge in [-0.25, -0.2) is 0 Å². The molecule has 1 aliphatic heterocycles. The normalized spacial score (nSPS) is 17.6. The van der Waals surface area contributed by atoms with Crippen LogP contribution in [-0.2, 0) is 18.3 Å². The standard InChI is InChI=1S/C19H24N4O2/c1-14-5-4-6-16(9-14)10-18(24)22-7-8-23(15(2)12-22)19(25)17-11-20-21(3)13-17/h4-6,9,11,13,15H,7-8,10,12H2,1-3H3/t15-/m0/s1. The highest BCUT2D eigenvalue weighted by atomic mass is 16.2. The van der Waals surface area contributed by atoms with Crippen molar-refractivity contribution in [1.29, 1.82) is 0 Å². The van der Waals surface area contributed by atoms with Crippen LogP contribution >= 0.6 is 0 Å². The van der Waals surface area contributed by atoms with E-state index < -0.39 is 0 Å². The number of aryl methyl sites for hydroxylation is 2. The van der Waals surface area contributed by atoms with Gasteiger partial charge in [-0.3, -0.25) is 14.3 Å². The largest absolute Gasteiger partial charge is 0.339 e. The van der Waals surface area contributed by atoms with Gasteiger partial charge < -0.3 is 9.80 Å². The zero-order valence-electron chi connectivity index (χ0n) is 15.0. The smallest absolute Gasteiger partial charge is 0.257 e. The molecule has 1 aromatic heterocycles. The number of hydrogen-bond donors (Lipinski definition) is 0. The molecule has 2 heterocycles. The summed E-state index contributed by atoms with van der Waals surface area (Å²) in [4.78, 5) is 28.9. The molecule has 1 aromatic carbocycles. The van der Waals surface area contributed by atoms with Gasteiger partial charge in [-0.05, 0) is 19.4 Å². The number of nitrogens with zero attached hydrogens (tertiary/aromatic N) is 4. The number of piperazine rings is 1. The highest BCUT2D eigenvalue weighted by molar-refractivity contribution is 5.94. The maximum Gasteiger partial charge on any atom is 0.257 e. The van der Waals surface area contributed by atoms with Gasteiger partial charge in [-0.15, -0.1) is 0 Å². The summed E-state index contributed by atoms with van der Waals surface area (Å²) in [5, 5.41) is 4.06. The molecule has 0 unspecified atom stereocenters. The molecule has 1 saturated heterocycles. The van der Waals surface area contributed by atoms with Crippen LogP contribution in [0.4, 0.5) is 0 Å². The molecule has 0 bridgehead atoms. The SMILES string of the molecule is Cc1cccc(CC(=O)N2CCN(C(=O)c3cnn(C)c3)[C@@H](C)C2)c1. The maximum atomic E-state index is 12.6. The second kappa shape index (κ2) is 7.09. The zero-order valence-corrected chi connectivity index (χ0v) is 15.0. The minimum Gasteiger partial charge on any atom is -0.339 e. The van der Waals surface area contributed by atoms with Crippen molar-refractivity contribution >= 4 is 11.8 Å². The first-order chi connectivity index (χ1) is 11.9. The van der Waals surface area contributed by atoms with Gasteiger partial charge in [0.2, 0.25) is 5.91 Å². The Balaban J connectivity index is 1.61. The molecule has 6 nitrogen and oxygen atoms in total. The summed E-state index contributed by atoms with van der Waals surface area (Å²) in [6.07, 6.45) is 3.72. The predicted octanol–water partition coefficient (Wildman–Crippen LogP) is 1.64. The van der Waals surface area contributed by atoms with Crippen LogP contribution in [0.3, 0.4) is 0 Å². The van der Waals surface area contributed by atoms with E-state index in [0.29, 0.717) is 31.6 Å². The van der Waals surface area contributed by atoms with E-state index in [1.54, 1.807) is 24.1 Å². The summed E-state index contributed by atoms with van der Waals surface area (Å²) >= 11 is 0. The van der Waals surface area contributed by atoms with E-state index in [4.69, 9.17) is 0 Å². The van der Waals surface area contributed by atoms with Gasteiger partial charge in [-0.2, -0.15) is 5.10 Å². The molecule has 1 atom stereocenters. The number of aromatic nitrogens is 2. The van der Waals surface area contributed by atoms with Crippen molar-refractivity contribution in [2.24, 2.45) is 7.05 Å². The lowest BCUT2D eigenvalue weighted by Gasteiger charge is -2.39. The zero-order chi connectivity index (χ0) is 18.0. The van der Waals surface area contributed by atoms with Crippen molar-refractivity contribution < 1.29 is 9.59 Å². The van der Waals surface area contributed by atoms with E-state index in [-0.39, 0.29) is 17.9 Å². The highest BCUT2D eigenvalue weighted by Crippen LogP contribution is 2.15. The monoisotopic (exact) mass is 340 g/mol. The molecule has 1 fully saturated rings. The lowest BCUT2D eigenvalue weighted by Crippen LogP contribution is -2.55. The fraction of sp³-hybridized carbons (Fsp3) is 0.421. The first-order valence-corrected chi connectivity index (χ1v) is 8.57. The van der Waals surface area contributed by atoms with Gasteiger partial charge in [0.15, 0.2) is 0 Å². The first-order valence-electron chi connectivity index (χ1n) is 8.57. The maximum absolute atomic E-state index is 12.6. The molecule has 3 rings (SSSR count). The third-order valence-electron chi connectivity index (χ3n) is 4.63. The van der Waals surface area contributed by atoms with Gasteiger partial charge >= 0.3 is 0 Å². The quantitative estimate of drug-likeness (QED) is 0.853. The second-order valence-corrected chi connectivity index (χ2v) is 6.76. The molecule has 0 radical (unpaired) electrons. The van der Waals surface area contributed by atoms with Crippen molar-refractivity contribution in [1.82, 2.24) is 19.6 Å². The van der Waals surface area contributed by atoms with Crippen molar-refractivity contribution in [3.8, 4) is 0 Å². The topological polar surface area (TPSA) is 58.4 Å². The molecular weight excluding hydrogens is 316 g/mol. The van der Waals surface area contributed by atoms with Crippen LogP contribution < -0.4 is 0 Å². The van der Waals surface area contributed by atoms with Crippen LogP contribution in [0.25, 0.3) is 0 Å². The fourth-order valence-corrected chi connectivity index (χ4v) is 3.29.